The summed E-state index contributed by atoms with van der Waals surface area (Å²) in [4.78, 5) is 5.42. The highest BCUT2D eigenvalue weighted by Crippen LogP contribution is 2.61. The Labute approximate surface area is 230 Å². The molecule has 176 valence electrons. The molecular weight excluding hydrogens is 513 g/mol. The summed E-state index contributed by atoms with van der Waals surface area (Å²) in [6.45, 7) is 4.24. The number of hydrogen-bond acceptors (Lipinski definition) is 4. The van der Waals surface area contributed by atoms with Crippen molar-refractivity contribution in [1.29, 1.82) is 0 Å². The van der Waals surface area contributed by atoms with E-state index in [4.69, 9.17) is 0 Å². The lowest BCUT2D eigenvalue weighted by molar-refractivity contribution is 1.26. The van der Waals surface area contributed by atoms with Crippen LogP contribution in [0.4, 0.5) is 0 Å². The van der Waals surface area contributed by atoms with Crippen LogP contribution in [0.5, 0.6) is 0 Å². The second-order valence-corrected chi connectivity index (χ2v) is 13.6. The molecule has 0 saturated heterocycles. The van der Waals surface area contributed by atoms with Crippen LogP contribution in [0.15, 0.2) is 113 Å². The van der Waals surface area contributed by atoms with E-state index >= 15 is 0 Å². The summed E-state index contributed by atoms with van der Waals surface area (Å²) in [5.74, 6) is 0. The van der Waals surface area contributed by atoms with Gasteiger partial charge in [0.2, 0.25) is 0 Å². The second-order valence-electron chi connectivity index (χ2n) is 8.88. The number of fused-ring (bicyclic) bond motifs is 2. The molecular formula is C32H24S4. The van der Waals surface area contributed by atoms with Gasteiger partial charge in [0.1, 0.15) is 0 Å². The standard InChI is InChI=1S/C32H24S4/c1-21-3-7-23(8-4-21)11-13-25-15-17-27-29(19-25)35-31(33-27)32-34-28-18-16-26(20-30(28)36-32)14-12-24-9-5-22(2)6-10-24/h3-20H,1-2H3. The molecule has 0 saturated carbocycles. The van der Waals surface area contributed by atoms with Crippen LogP contribution in [-0.4, -0.2) is 0 Å². The molecule has 0 atom stereocenters. The Balaban J connectivity index is 1.16. The molecule has 0 radical (unpaired) electrons. The molecule has 0 fully saturated rings. The van der Waals surface area contributed by atoms with Gasteiger partial charge < -0.3 is 0 Å². The summed E-state index contributed by atoms with van der Waals surface area (Å²) in [6.07, 6.45) is 8.80. The molecule has 0 unspecified atom stereocenters. The molecule has 2 aliphatic rings. The summed E-state index contributed by atoms with van der Waals surface area (Å²) >= 11 is 7.62. The Hall–Kier alpha value is -2.50. The predicted molar refractivity (Wildman–Crippen MR) is 164 cm³/mol. The third kappa shape index (κ3) is 5.42. The molecule has 4 aromatic rings. The minimum Gasteiger partial charge on any atom is -0.0798 e. The van der Waals surface area contributed by atoms with Crippen molar-refractivity contribution in [3.05, 3.63) is 127 Å². The van der Waals surface area contributed by atoms with Crippen LogP contribution < -0.4 is 0 Å². The van der Waals surface area contributed by atoms with Crippen molar-refractivity contribution in [2.24, 2.45) is 0 Å². The maximum Gasteiger partial charge on any atom is 0.0706 e. The van der Waals surface area contributed by atoms with Crippen LogP contribution in [0, 0.1) is 13.8 Å². The van der Waals surface area contributed by atoms with Crippen molar-refractivity contribution >= 4 is 71.4 Å². The van der Waals surface area contributed by atoms with Gasteiger partial charge in [0.15, 0.2) is 0 Å². The van der Waals surface area contributed by atoms with E-state index in [0.717, 1.165) is 0 Å². The molecule has 6 rings (SSSR count). The highest BCUT2D eigenvalue weighted by molar-refractivity contribution is 8.30. The van der Waals surface area contributed by atoms with Crippen molar-refractivity contribution in [3.63, 3.8) is 0 Å². The molecule has 2 heterocycles. The van der Waals surface area contributed by atoms with E-state index in [2.05, 4.69) is 123 Å². The molecule has 0 aromatic heterocycles. The summed E-state index contributed by atoms with van der Waals surface area (Å²) in [6, 6.07) is 30.9. The van der Waals surface area contributed by atoms with E-state index in [1.807, 2.05) is 47.0 Å². The SMILES string of the molecule is Cc1ccc(C=Cc2ccc3c(c2)SC(=C2Sc4ccc(C=Cc5ccc(C)cc5)cc4S2)S3)cc1. The van der Waals surface area contributed by atoms with Gasteiger partial charge in [-0.05, 0) is 60.4 Å². The number of thioether (sulfide) groups is 4. The zero-order chi connectivity index (χ0) is 24.5. The summed E-state index contributed by atoms with van der Waals surface area (Å²) in [5, 5.41) is 0. The fraction of sp³-hybridized carbons (Fsp3) is 0.0625. The average Bonchev–Trinajstić information content (AvgIpc) is 3.51. The Kier molecular flexibility index (Phi) is 6.94. The van der Waals surface area contributed by atoms with E-state index in [0.29, 0.717) is 0 Å². The highest BCUT2D eigenvalue weighted by Gasteiger charge is 2.27. The van der Waals surface area contributed by atoms with Crippen LogP contribution >= 0.6 is 47.0 Å². The number of benzene rings is 4. The van der Waals surface area contributed by atoms with E-state index in [1.165, 1.54) is 61.4 Å². The van der Waals surface area contributed by atoms with Gasteiger partial charge in [0.05, 0.1) is 8.47 Å². The monoisotopic (exact) mass is 536 g/mol. The first-order valence-corrected chi connectivity index (χ1v) is 15.1. The zero-order valence-corrected chi connectivity index (χ0v) is 23.3. The Morgan fingerprint density at radius 2 is 0.722 bits per heavy atom. The number of hydrogen-bond donors (Lipinski definition) is 0. The van der Waals surface area contributed by atoms with Crippen LogP contribution in [0.1, 0.15) is 33.4 Å². The smallest absolute Gasteiger partial charge is 0.0706 e. The lowest BCUT2D eigenvalue weighted by atomic mass is 10.1. The molecule has 0 aliphatic carbocycles. The van der Waals surface area contributed by atoms with Gasteiger partial charge in [0.25, 0.3) is 0 Å². The summed E-state index contributed by atoms with van der Waals surface area (Å²) in [7, 11) is 0. The van der Waals surface area contributed by atoms with E-state index in [-0.39, 0.29) is 0 Å². The lowest BCUT2D eigenvalue weighted by Crippen LogP contribution is -1.76. The van der Waals surface area contributed by atoms with E-state index < -0.39 is 0 Å². The largest absolute Gasteiger partial charge is 0.0798 e. The Morgan fingerprint density at radius 1 is 0.389 bits per heavy atom. The fourth-order valence-corrected chi connectivity index (χ4v) is 9.29. The van der Waals surface area contributed by atoms with Crippen molar-refractivity contribution < 1.29 is 0 Å². The minimum atomic E-state index is 1.23. The summed E-state index contributed by atoms with van der Waals surface area (Å²) < 4.78 is 2.79. The molecule has 0 N–H and O–H groups in total. The highest BCUT2D eigenvalue weighted by atomic mass is 32.2. The van der Waals surface area contributed by atoms with Crippen LogP contribution in [0.2, 0.25) is 0 Å². The second kappa shape index (κ2) is 10.5. The topological polar surface area (TPSA) is 0 Å². The first kappa shape index (κ1) is 23.9. The molecule has 0 nitrogen and oxygen atoms in total. The van der Waals surface area contributed by atoms with Crippen LogP contribution in [0.3, 0.4) is 0 Å². The molecule has 4 heteroatoms. The first-order valence-electron chi connectivity index (χ1n) is 11.8. The fourth-order valence-electron chi connectivity index (χ4n) is 3.93. The van der Waals surface area contributed by atoms with Crippen molar-refractivity contribution in [3.8, 4) is 0 Å². The molecule has 2 aliphatic heterocycles. The molecule has 0 spiro atoms. The molecule has 0 bridgehead atoms. The average molecular weight is 537 g/mol. The van der Waals surface area contributed by atoms with Crippen LogP contribution in [-0.2, 0) is 0 Å². The molecule has 36 heavy (non-hydrogen) atoms. The molecule has 4 aromatic carbocycles. The van der Waals surface area contributed by atoms with Crippen LogP contribution in [0.25, 0.3) is 24.3 Å². The van der Waals surface area contributed by atoms with Crippen molar-refractivity contribution in [1.82, 2.24) is 0 Å². The van der Waals surface area contributed by atoms with E-state index in [9.17, 15) is 0 Å². The maximum atomic E-state index is 2.32. The van der Waals surface area contributed by atoms with Gasteiger partial charge in [0, 0.05) is 19.6 Å². The first-order chi connectivity index (χ1) is 17.6. The minimum absolute atomic E-state index is 1.23. The lowest BCUT2D eigenvalue weighted by Gasteiger charge is -1.99. The van der Waals surface area contributed by atoms with Gasteiger partial charge in [-0.25, -0.2) is 0 Å². The van der Waals surface area contributed by atoms with Gasteiger partial charge in [-0.15, -0.1) is 0 Å². The zero-order valence-electron chi connectivity index (χ0n) is 20.0. The summed E-state index contributed by atoms with van der Waals surface area (Å²) in [5.41, 5.74) is 7.53. The quantitative estimate of drug-likeness (QED) is 0.238. The van der Waals surface area contributed by atoms with Gasteiger partial charge in [-0.2, -0.15) is 0 Å². The Bertz CT molecular complexity index is 1410. The molecule has 0 amide bonds. The van der Waals surface area contributed by atoms with Crippen molar-refractivity contribution in [2.75, 3.05) is 0 Å². The van der Waals surface area contributed by atoms with Gasteiger partial charge in [-0.3, -0.25) is 0 Å². The third-order valence-electron chi connectivity index (χ3n) is 6.00. The van der Waals surface area contributed by atoms with Crippen molar-refractivity contribution in [2.45, 2.75) is 33.4 Å². The predicted octanol–water partition coefficient (Wildman–Crippen LogP) is 10.9. The van der Waals surface area contributed by atoms with E-state index in [1.54, 1.807) is 0 Å². The van der Waals surface area contributed by atoms with Gasteiger partial charge in [-0.1, -0.05) is 143 Å². The number of aryl methyl sites for hydroxylation is 2. The Morgan fingerprint density at radius 3 is 1.14 bits per heavy atom. The number of rotatable bonds is 4. The normalized spacial score (nSPS) is 16.7. The third-order valence-corrected chi connectivity index (χ3v) is 11.6. The maximum absolute atomic E-state index is 2.32. The van der Waals surface area contributed by atoms with Gasteiger partial charge >= 0.3 is 0 Å².